The Labute approximate surface area is 177 Å². The molecule has 2 aromatic carbocycles. The van der Waals surface area contributed by atoms with Crippen molar-refractivity contribution in [3.8, 4) is 0 Å². The number of rotatable bonds is 5. The molecule has 0 saturated carbocycles. The quantitative estimate of drug-likeness (QED) is 0.788. The monoisotopic (exact) mass is 430 g/mol. The maximum absolute atomic E-state index is 13.0. The number of nitrogens with one attached hydrogen (secondary N) is 1. The van der Waals surface area contributed by atoms with Crippen molar-refractivity contribution in [3.05, 3.63) is 59.7 Å². The van der Waals surface area contributed by atoms with Crippen LogP contribution in [-0.2, 0) is 19.5 Å². The van der Waals surface area contributed by atoms with Gasteiger partial charge in [0.2, 0.25) is 0 Å². The van der Waals surface area contributed by atoms with E-state index in [-0.39, 0.29) is 17.1 Å². The molecule has 0 bridgehead atoms. The molecule has 2 saturated heterocycles. The summed E-state index contributed by atoms with van der Waals surface area (Å²) >= 11 is 0. The lowest BCUT2D eigenvalue weighted by Crippen LogP contribution is -2.41. The van der Waals surface area contributed by atoms with Crippen LogP contribution in [0.1, 0.15) is 28.8 Å². The number of ether oxygens (including phenoxy) is 2. The second kappa shape index (κ2) is 8.75. The van der Waals surface area contributed by atoms with Gasteiger partial charge in [-0.15, -0.1) is 0 Å². The van der Waals surface area contributed by atoms with Crippen molar-refractivity contribution in [1.82, 2.24) is 4.90 Å². The maximum Gasteiger partial charge on any atom is 0.261 e. The van der Waals surface area contributed by atoms with E-state index in [0.29, 0.717) is 43.5 Å². The minimum Gasteiger partial charge on any atom is -0.350 e. The minimum atomic E-state index is -3.79. The molecule has 0 radical (unpaired) electrons. The van der Waals surface area contributed by atoms with Crippen LogP contribution in [0.3, 0.4) is 0 Å². The number of carbonyl (C=O) groups excluding carboxylic acids is 1. The minimum absolute atomic E-state index is 0.0663. The molecule has 1 amide bonds. The van der Waals surface area contributed by atoms with Gasteiger partial charge in [-0.25, -0.2) is 8.42 Å². The largest absolute Gasteiger partial charge is 0.350 e. The van der Waals surface area contributed by atoms with E-state index in [0.717, 1.165) is 18.4 Å². The van der Waals surface area contributed by atoms with E-state index in [1.54, 1.807) is 29.2 Å². The molecule has 2 heterocycles. The van der Waals surface area contributed by atoms with E-state index in [4.69, 9.17) is 9.47 Å². The third-order valence-electron chi connectivity index (χ3n) is 5.55. The van der Waals surface area contributed by atoms with Gasteiger partial charge in [-0.1, -0.05) is 23.8 Å². The fraction of sp³-hybridized carbons (Fsp3) is 0.409. The molecule has 30 heavy (non-hydrogen) atoms. The van der Waals surface area contributed by atoms with Crippen LogP contribution in [0.5, 0.6) is 0 Å². The first-order chi connectivity index (χ1) is 14.4. The van der Waals surface area contributed by atoms with Crippen molar-refractivity contribution < 1.29 is 22.7 Å². The average molecular weight is 431 g/mol. The van der Waals surface area contributed by atoms with Crippen molar-refractivity contribution in [2.75, 3.05) is 31.0 Å². The summed E-state index contributed by atoms with van der Waals surface area (Å²) in [7, 11) is -3.79. The topological polar surface area (TPSA) is 84.9 Å². The average Bonchev–Trinajstić information content (AvgIpc) is 3.30. The van der Waals surface area contributed by atoms with Gasteiger partial charge in [0.25, 0.3) is 15.9 Å². The van der Waals surface area contributed by atoms with Gasteiger partial charge >= 0.3 is 0 Å². The van der Waals surface area contributed by atoms with Crippen LogP contribution in [0.2, 0.25) is 0 Å². The number of likely N-dealkylation sites (tertiary alicyclic amines) is 1. The Hall–Kier alpha value is -2.42. The zero-order chi connectivity index (χ0) is 21.1. The van der Waals surface area contributed by atoms with Crippen molar-refractivity contribution in [2.24, 2.45) is 5.92 Å². The summed E-state index contributed by atoms with van der Waals surface area (Å²) < 4.78 is 39.3. The number of carbonyl (C=O) groups is 1. The summed E-state index contributed by atoms with van der Waals surface area (Å²) in [6, 6.07) is 13.3. The van der Waals surface area contributed by atoms with Gasteiger partial charge in [-0.05, 0) is 50.1 Å². The molecule has 0 aliphatic carbocycles. The summed E-state index contributed by atoms with van der Waals surface area (Å²) in [6.07, 6.45) is 1.45. The first-order valence-electron chi connectivity index (χ1n) is 10.1. The summed E-state index contributed by atoms with van der Waals surface area (Å²) in [5.41, 5.74) is 1.89. The molecule has 0 aromatic heterocycles. The molecule has 4 rings (SSSR count). The predicted molar refractivity (Wildman–Crippen MR) is 113 cm³/mol. The van der Waals surface area contributed by atoms with E-state index in [9.17, 15) is 13.2 Å². The number of hydrogen-bond donors (Lipinski definition) is 1. The second-order valence-corrected chi connectivity index (χ2v) is 9.42. The van der Waals surface area contributed by atoms with Gasteiger partial charge in [0, 0.05) is 30.3 Å². The smallest absolute Gasteiger partial charge is 0.261 e. The van der Waals surface area contributed by atoms with Crippen LogP contribution in [0.25, 0.3) is 0 Å². The highest BCUT2D eigenvalue weighted by atomic mass is 32.2. The summed E-state index contributed by atoms with van der Waals surface area (Å²) in [4.78, 5) is 14.8. The summed E-state index contributed by atoms with van der Waals surface area (Å²) in [6.45, 7) is 4.39. The number of amides is 1. The maximum atomic E-state index is 13.0. The van der Waals surface area contributed by atoms with Crippen molar-refractivity contribution in [1.29, 1.82) is 0 Å². The fourth-order valence-electron chi connectivity index (χ4n) is 3.84. The zero-order valence-corrected chi connectivity index (χ0v) is 17.7. The SMILES string of the molecule is Cc1ccc(NS(=O)(=O)c2cccc(C(=O)N3CCC(C4OCCO4)CC3)c2)cc1. The number of hydrogen-bond acceptors (Lipinski definition) is 5. The van der Waals surface area contributed by atoms with E-state index < -0.39 is 10.0 Å². The van der Waals surface area contributed by atoms with Gasteiger partial charge in [0.1, 0.15) is 0 Å². The Morgan fingerprint density at radius 1 is 1.03 bits per heavy atom. The molecule has 0 atom stereocenters. The number of nitrogens with zero attached hydrogens (tertiary/aromatic N) is 1. The predicted octanol–water partition coefficient (Wildman–Crippen LogP) is 3.02. The number of anilines is 1. The van der Waals surface area contributed by atoms with Crippen LogP contribution in [0.4, 0.5) is 5.69 Å². The molecule has 0 unspecified atom stereocenters. The van der Waals surface area contributed by atoms with E-state index in [2.05, 4.69) is 4.72 Å². The van der Waals surface area contributed by atoms with E-state index in [1.807, 2.05) is 19.1 Å². The molecule has 2 aromatic rings. The third kappa shape index (κ3) is 4.66. The Kier molecular flexibility index (Phi) is 6.08. The lowest BCUT2D eigenvalue weighted by Gasteiger charge is -2.34. The lowest BCUT2D eigenvalue weighted by molar-refractivity contribution is -0.0956. The van der Waals surface area contributed by atoms with Crippen molar-refractivity contribution in [2.45, 2.75) is 31.0 Å². The highest BCUT2D eigenvalue weighted by Crippen LogP contribution is 2.27. The molecular weight excluding hydrogens is 404 g/mol. The van der Waals surface area contributed by atoms with Crippen molar-refractivity contribution >= 4 is 21.6 Å². The number of aryl methyl sites for hydroxylation is 1. The first-order valence-corrected chi connectivity index (χ1v) is 11.6. The Morgan fingerprint density at radius 3 is 2.37 bits per heavy atom. The molecule has 160 valence electrons. The van der Waals surface area contributed by atoms with Crippen LogP contribution < -0.4 is 4.72 Å². The number of sulfonamides is 1. The highest BCUT2D eigenvalue weighted by molar-refractivity contribution is 7.92. The van der Waals surface area contributed by atoms with Crippen molar-refractivity contribution in [3.63, 3.8) is 0 Å². The number of piperidine rings is 1. The second-order valence-electron chi connectivity index (χ2n) is 7.74. The Morgan fingerprint density at radius 2 is 1.70 bits per heavy atom. The summed E-state index contributed by atoms with van der Waals surface area (Å²) in [5, 5.41) is 0. The normalized spacial score (nSPS) is 18.5. The first kappa shape index (κ1) is 20.8. The molecule has 7 nitrogen and oxygen atoms in total. The van der Waals surface area contributed by atoms with Gasteiger partial charge in [-0.2, -0.15) is 0 Å². The van der Waals surface area contributed by atoms with Crippen LogP contribution >= 0.6 is 0 Å². The standard InChI is InChI=1S/C22H26N2O5S/c1-16-5-7-19(8-6-16)23-30(26,27)20-4-2-3-18(15-20)21(25)24-11-9-17(10-12-24)22-28-13-14-29-22/h2-8,15,17,22-23H,9-14H2,1H3. The van der Waals surface area contributed by atoms with Crippen LogP contribution in [0.15, 0.2) is 53.4 Å². The molecule has 2 fully saturated rings. The van der Waals surface area contributed by atoms with Crippen LogP contribution in [-0.4, -0.2) is 51.8 Å². The summed E-state index contributed by atoms with van der Waals surface area (Å²) in [5.74, 6) is 0.135. The Balaban J connectivity index is 1.43. The fourth-order valence-corrected chi connectivity index (χ4v) is 4.94. The van der Waals surface area contributed by atoms with Crippen LogP contribution in [0, 0.1) is 12.8 Å². The molecular formula is C22H26N2O5S. The molecule has 1 N–H and O–H groups in total. The molecule has 0 spiro atoms. The van der Waals surface area contributed by atoms with E-state index >= 15 is 0 Å². The number of benzene rings is 2. The highest BCUT2D eigenvalue weighted by Gasteiger charge is 2.32. The molecule has 8 heteroatoms. The van der Waals surface area contributed by atoms with Gasteiger partial charge in [-0.3, -0.25) is 9.52 Å². The Bertz CT molecular complexity index is 992. The zero-order valence-electron chi connectivity index (χ0n) is 16.9. The lowest BCUT2D eigenvalue weighted by atomic mass is 9.95. The third-order valence-corrected chi connectivity index (χ3v) is 6.93. The van der Waals surface area contributed by atoms with Gasteiger partial charge < -0.3 is 14.4 Å². The molecule has 2 aliphatic rings. The van der Waals surface area contributed by atoms with E-state index in [1.165, 1.54) is 12.1 Å². The molecule has 2 aliphatic heterocycles. The van der Waals surface area contributed by atoms with Gasteiger partial charge in [0.15, 0.2) is 6.29 Å². The van der Waals surface area contributed by atoms with Gasteiger partial charge in [0.05, 0.1) is 18.1 Å².